The Balaban J connectivity index is 4.40. The molecule has 0 amide bonds. The highest BCUT2D eigenvalue weighted by molar-refractivity contribution is 6.73. The lowest BCUT2D eigenvalue weighted by molar-refractivity contribution is 0.203. The topological polar surface area (TPSA) is 58.0 Å². The van der Waals surface area contributed by atoms with E-state index >= 15 is 0 Å². The molecule has 0 fully saturated rings. The molecular weight excluding hydrogens is 230 g/mol. The van der Waals surface area contributed by atoms with Crippen LogP contribution in [-0.2, 0) is 4.43 Å². The van der Waals surface area contributed by atoms with Gasteiger partial charge in [0.15, 0.2) is 8.32 Å². The van der Waals surface area contributed by atoms with E-state index in [9.17, 15) is 0 Å². The van der Waals surface area contributed by atoms with Crippen LogP contribution >= 0.6 is 0 Å². The molecule has 17 heavy (non-hydrogen) atoms. The van der Waals surface area contributed by atoms with Crippen molar-refractivity contribution in [2.75, 3.05) is 13.2 Å². The van der Waals surface area contributed by atoms with Crippen molar-refractivity contribution in [3.05, 3.63) is 10.4 Å². The van der Waals surface area contributed by atoms with Crippen molar-refractivity contribution in [3.63, 3.8) is 0 Å². The van der Waals surface area contributed by atoms with Crippen LogP contribution in [0.3, 0.4) is 0 Å². The number of hydrogen-bond donors (Lipinski definition) is 0. The molecular formula is C12H27N3OSi. The fourth-order valence-electron chi connectivity index (χ4n) is 1.94. The molecule has 5 heteroatoms. The molecule has 0 aromatic rings. The summed E-state index contributed by atoms with van der Waals surface area (Å²) in [5.41, 5.74) is 8.39. The quantitative estimate of drug-likeness (QED) is 0.258. The van der Waals surface area contributed by atoms with Crippen LogP contribution in [-0.4, -0.2) is 21.5 Å². The fraction of sp³-hybridized carbons (Fsp3) is 1.00. The first-order chi connectivity index (χ1) is 8.05. The molecule has 0 N–H and O–H groups in total. The van der Waals surface area contributed by atoms with Crippen LogP contribution in [0.25, 0.3) is 10.4 Å². The smallest absolute Gasteiger partial charge is 0.191 e. The highest BCUT2D eigenvalue weighted by Gasteiger charge is 2.29. The van der Waals surface area contributed by atoms with Gasteiger partial charge in [-0.25, -0.2) is 0 Å². The minimum absolute atomic E-state index is 0.349. The average molecular weight is 257 g/mol. The molecule has 0 saturated heterocycles. The normalized spacial score (nSPS) is 13.5. The summed E-state index contributed by atoms with van der Waals surface area (Å²) in [5.74, 6) is 0.847. The van der Waals surface area contributed by atoms with E-state index in [1.165, 1.54) is 18.1 Å². The SMILES string of the molecule is CC[Si](CC)(CC)OCC(CN=[N+]=[N-])C(C)C. The predicted molar refractivity (Wildman–Crippen MR) is 75.5 cm³/mol. The second-order valence-corrected chi connectivity index (χ2v) is 9.75. The van der Waals surface area contributed by atoms with Gasteiger partial charge < -0.3 is 4.43 Å². The molecule has 0 aliphatic heterocycles. The zero-order chi connectivity index (χ0) is 13.3. The summed E-state index contributed by atoms with van der Waals surface area (Å²) in [6, 6.07) is 3.52. The van der Waals surface area contributed by atoms with Crippen LogP contribution in [0.15, 0.2) is 5.11 Å². The summed E-state index contributed by atoms with van der Waals surface area (Å²) in [4.78, 5) is 2.84. The molecule has 0 rings (SSSR count). The van der Waals surface area contributed by atoms with E-state index in [0.29, 0.717) is 18.4 Å². The summed E-state index contributed by atoms with van der Waals surface area (Å²) in [6.07, 6.45) is 0. The van der Waals surface area contributed by atoms with Gasteiger partial charge in [-0.2, -0.15) is 0 Å². The van der Waals surface area contributed by atoms with Gasteiger partial charge in [0.2, 0.25) is 0 Å². The Morgan fingerprint density at radius 2 is 1.71 bits per heavy atom. The summed E-state index contributed by atoms with van der Waals surface area (Å²) in [7, 11) is -1.50. The first-order valence-electron chi connectivity index (χ1n) is 6.70. The Morgan fingerprint density at radius 3 is 2.06 bits per heavy atom. The molecule has 1 unspecified atom stereocenters. The van der Waals surface area contributed by atoms with Gasteiger partial charge in [0, 0.05) is 18.1 Å². The van der Waals surface area contributed by atoms with Crippen molar-refractivity contribution >= 4 is 8.32 Å². The molecule has 1 atom stereocenters. The molecule has 0 spiro atoms. The Hall–Kier alpha value is -0.513. The Morgan fingerprint density at radius 1 is 1.18 bits per heavy atom. The largest absolute Gasteiger partial charge is 0.417 e. The minimum Gasteiger partial charge on any atom is -0.417 e. The molecule has 100 valence electrons. The molecule has 4 nitrogen and oxygen atoms in total. The van der Waals surface area contributed by atoms with E-state index in [4.69, 9.17) is 9.96 Å². The third-order valence-electron chi connectivity index (χ3n) is 3.86. The van der Waals surface area contributed by atoms with Gasteiger partial charge in [-0.3, -0.25) is 0 Å². The number of nitrogens with zero attached hydrogens (tertiary/aromatic N) is 3. The van der Waals surface area contributed by atoms with Gasteiger partial charge in [-0.1, -0.05) is 39.7 Å². The molecule has 0 bridgehead atoms. The number of rotatable bonds is 9. The summed E-state index contributed by atoms with van der Waals surface area (Å²) in [5, 5.41) is 3.69. The van der Waals surface area contributed by atoms with Crippen LogP contribution in [0.5, 0.6) is 0 Å². The van der Waals surface area contributed by atoms with Crippen LogP contribution in [0, 0.1) is 11.8 Å². The Labute approximate surface area is 107 Å². The number of hydrogen-bond acceptors (Lipinski definition) is 2. The predicted octanol–water partition coefficient (Wildman–Crippen LogP) is 4.59. The standard InChI is InChI=1S/C12H27N3OSi/c1-6-17(7-2,8-3)16-10-12(11(4)5)9-14-15-13/h11-12H,6-10H2,1-5H3. The van der Waals surface area contributed by atoms with E-state index in [1.54, 1.807) is 0 Å². The summed E-state index contributed by atoms with van der Waals surface area (Å²) in [6.45, 7) is 12.3. The van der Waals surface area contributed by atoms with Crippen LogP contribution in [0.1, 0.15) is 34.6 Å². The molecule has 0 aliphatic carbocycles. The zero-order valence-corrected chi connectivity index (χ0v) is 12.9. The van der Waals surface area contributed by atoms with Crippen LogP contribution < -0.4 is 0 Å². The molecule has 0 aromatic carbocycles. The first kappa shape index (κ1) is 16.5. The lowest BCUT2D eigenvalue weighted by Crippen LogP contribution is -2.38. The monoisotopic (exact) mass is 257 g/mol. The van der Waals surface area contributed by atoms with Crippen molar-refractivity contribution in [2.24, 2.45) is 17.0 Å². The highest BCUT2D eigenvalue weighted by atomic mass is 28.4. The van der Waals surface area contributed by atoms with Crippen molar-refractivity contribution in [2.45, 2.75) is 52.8 Å². The molecule has 0 radical (unpaired) electrons. The van der Waals surface area contributed by atoms with E-state index in [-0.39, 0.29) is 0 Å². The fourth-order valence-corrected chi connectivity index (χ4v) is 4.62. The van der Waals surface area contributed by atoms with Crippen molar-refractivity contribution in [1.82, 2.24) is 0 Å². The second-order valence-electron chi connectivity index (χ2n) is 4.97. The van der Waals surface area contributed by atoms with Gasteiger partial charge in [0.25, 0.3) is 0 Å². The minimum atomic E-state index is -1.50. The molecule has 0 saturated carbocycles. The van der Waals surface area contributed by atoms with E-state index in [0.717, 1.165) is 6.61 Å². The maximum absolute atomic E-state index is 8.39. The summed E-state index contributed by atoms with van der Waals surface area (Å²) >= 11 is 0. The number of azide groups is 1. The Bertz CT molecular complexity index is 240. The molecule has 0 aromatic heterocycles. The lowest BCUT2D eigenvalue weighted by atomic mass is 9.97. The zero-order valence-electron chi connectivity index (χ0n) is 11.9. The molecule has 0 heterocycles. The van der Waals surface area contributed by atoms with Gasteiger partial charge in [0.1, 0.15) is 0 Å². The van der Waals surface area contributed by atoms with Gasteiger partial charge >= 0.3 is 0 Å². The third kappa shape index (κ3) is 5.57. The third-order valence-corrected chi connectivity index (χ3v) is 8.50. The van der Waals surface area contributed by atoms with Crippen LogP contribution in [0.4, 0.5) is 0 Å². The van der Waals surface area contributed by atoms with E-state index in [1.807, 2.05) is 0 Å². The van der Waals surface area contributed by atoms with Gasteiger partial charge in [-0.15, -0.1) is 0 Å². The summed E-state index contributed by atoms with van der Waals surface area (Å²) < 4.78 is 6.25. The maximum Gasteiger partial charge on any atom is 0.191 e. The van der Waals surface area contributed by atoms with E-state index < -0.39 is 8.32 Å². The second kappa shape index (κ2) is 8.56. The van der Waals surface area contributed by atoms with Gasteiger partial charge in [-0.05, 0) is 35.5 Å². The van der Waals surface area contributed by atoms with E-state index in [2.05, 4.69) is 44.6 Å². The first-order valence-corrected chi connectivity index (χ1v) is 9.23. The average Bonchev–Trinajstić information content (AvgIpc) is 2.34. The highest BCUT2D eigenvalue weighted by Crippen LogP contribution is 2.24. The lowest BCUT2D eigenvalue weighted by Gasteiger charge is -2.31. The van der Waals surface area contributed by atoms with Crippen molar-refractivity contribution in [1.29, 1.82) is 0 Å². The molecule has 0 aliphatic rings. The maximum atomic E-state index is 8.39. The van der Waals surface area contributed by atoms with Gasteiger partial charge in [0.05, 0.1) is 0 Å². The van der Waals surface area contributed by atoms with Crippen molar-refractivity contribution in [3.8, 4) is 0 Å². The Kier molecular flexibility index (Phi) is 8.30. The van der Waals surface area contributed by atoms with Crippen LogP contribution in [0.2, 0.25) is 18.1 Å². The van der Waals surface area contributed by atoms with Crippen molar-refractivity contribution < 1.29 is 4.43 Å².